The third-order valence-electron chi connectivity index (χ3n) is 3.51. The Morgan fingerprint density at radius 2 is 2.40 bits per heavy atom. The fraction of sp³-hybridized carbons (Fsp3) is 0.500. The van der Waals surface area contributed by atoms with Gasteiger partial charge in [0.05, 0.1) is 17.5 Å². The maximum Gasteiger partial charge on any atom is 0.225 e. The number of benzene rings is 1. The molecule has 1 amide bonds. The first-order valence-corrected chi connectivity index (χ1v) is 6.68. The molecular weight excluding hydrogens is 261 g/mol. The lowest BCUT2D eigenvalue weighted by atomic mass is 10.2. The SMILES string of the molecule is COC1CCN(CCC(=O)Nc2ccc(F)cc2N)C1. The van der Waals surface area contributed by atoms with Crippen molar-refractivity contribution in [2.24, 2.45) is 0 Å². The molecule has 1 atom stereocenters. The van der Waals surface area contributed by atoms with Crippen molar-refractivity contribution >= 4 is 17.3 Å². The van der Waals surface area contributed by atoms with Crippen LogP contribution in [0.25, 0.3) is 0 Å². The van der Waals surface area contributed by atoms with Crippen molar-refractivity contribution in [3.8, 4) is 0 Å². The number of nitrogen functional groups attached to an aromatic ring is 1. The van der Waals surface area contributed by atoms with Crippen molar-refractivity contribution in [3.05, 3.63) is 24.0 Å². The van der Waals surface area contributed by atoms with Crippen LogP contribution in [-0.2, 0) is 9.53 Å². The molecule has 1 unspecified atom stereocenters. The van der Waals surface area contributed by atoms with Gasteiger partial charge in [-0.25, -0.2) is 4.39 Å². The van der Waals surface area contributed by atoms with Crippen molar-refractivity contribution < 1.29 is 13.9 Å². The highest BCUT2D eigenvalue weighted by molar-refractivity contribution is 5.93. The molecule has 1 heterocycles. The van der Waals surface area contributed by atoms with Crippen molar-refractivity contribution in [1.29, 1.82) is 0 Å². The number of rotatable bonds is 5. The Labute approximate surface area is 117 Å². The second-order valence-electron chi connectivity index (χ2n) is 4.98. The number of carbonyl (C=O) groups excluding carboxylic acids is 1. The van der Waals surface area contributed by atoms with E-state index in [4.69, 9.17) is 10.5 Å². The zero-order chi connectivity index (χ0) is 14.5. The Kier molecular flexibility index (Phi) is 4.92. The number of hydrogen-bond acceptors (Lipinski definition) is 4. The minimum Gasteiger partial charge on any atom is -0.397 e. The van der Waals surface area contributed by atoms with E-state index >= 15 is 0 Å². The summed E-state index contributed by atoms with van der Waals surface area (Å²) in [6, 6.07) is 3.94. The van der Waals surface area contributed by atoms with Crippen LogP contribution in [0.3, 0.4) is 0 Å². The van der Waals surface area contributed by atoms with Gasteiger partial charge in [-0.3, -0.25) is 4.79 Å². The van der Waals surface area contributed by atoms with E-state index in [1.807, 2.05) is 0 Å². The average Bonchev–Trinajstić information content (AvgIpc) is 2.88. The maximum atomic E-state index is 12.9. The van der Waals surface area contributed by atoms with E-state index in [0.717, 1.165) is 19.5 Å². The molecule has 2 rings (SSSR count). The third kappa shape index (κ3) is 3.91. The number of methoxy groups -OCH3 is 1. The quantitative estimate of drug-likeness (QED) is 0.802. The molecule has 3 N–H and O–H groups in total. The fourth-order valence-corrected chi connectivity index (χ4v) is 2.31. The van der Waals surface area contributed by atoms with Crippen LogP contribution in [0, 0.1) is 5.82 Å². The number of nitrogens with two attached hydrogens (primary N) is 1. The van der Waals surface area contributed by atoms with Gasteiger partial charge < -0.3 is 20.7 Å². The first kappa shape index (κ1) is 14.7. The minimum absolute atomic E-state index is 0.121. The van der Waals surface area contributed by atoms with E-state index in [9.17, 15) is 9.18 Å². The predicted molar refractivity (Wildman–Crippen MR) is 75.9 cm³/mol. The Morgan fingerprint density at radius 3 is 3.05 bits per heavy atom. The molecule has 6 heteroatoms. The number of hydrogen-bond donors (Lipinski definition) is 2. The third-order valence-corrected chi connectivity index (χ3v) is 3.51. The van der Waals surface area contributed by atoms with Gasteiger partial charge in [-0.15, -0.1) is 0 Å². The number of carbonyl (C=O) groups is 1. The number of anilines is 2. The van der Waals surface area contributed by atoms with Gasteiger partial charge in [-0.2, -0.15) is 0 Å². The minimum atomic E-state index is -0.414. The average molecular weight is 281 g/mol. The van der Waals surface area contributed by atoms with E-state index in [-0.39, 0.29) is 17.7 Å². The molecule has 1 aromatic rings. The maximum absolute atomic E-state index is 12.9. The summed E-state index contributed by atoms with van der Waals surface area (Å²) in [5, 5.41) is 2.70. The summed E-state index contributed by atoms with van der Waals surface area (Å²) in [7, 11) is 1.71. The zero-order valence-electron chi connectivity index (χ0n) is 11.6. The molecule has 0 bridgehead atoms. The van der Waals surface area contributed by atoms with Crippen LogP contribution in [0.1, 0.15) is 12.8 Å². The summed E-state index contributed by atoms with van der Waals surface area (Å²) in [4.78, 5) is 14.0. The van der Waals surface area contributed by atoms with Crippen molar-refractivity contribution in [2.45, 2.75) is 18.9 Å². The lowest BCUT2D eigenvalue weighted by molar-refractivity contribution is -0.116. The summed E-state index contributed by atoms with van der Waals surface area (Å²) in [6.07, 6.45) is 1.65. The highest BCUT2D eigenvalue weighted by atomic mass is 19.1. The van der Waals surface area contributed by atoms with Crippen LogP contribution in [0.2, 0.25) is 0 Å². The van der Waals surface area contributed by atoms with E-state index in [2.05, 4.69) is 10.2 Å². The molecule has 5 nitrogen and oxygen atoms in total. The number of amides is 1. The van der Waals surface area contributed by atoms with Gasteiger partial charge in [0.2, 0.25) is 5.91 Å². The molecule has 0 aliphatic carbocycles. The molecule has 20 heavy (non-hydrogen) atoms. The lowest BCUT2D eigenvalue weighted by Crippen LogP contribution is -2.27. The Balaban J connectivity index is 1.78. The van der Waals surface area contributed by atoms with Gasteiger partial charge >= 0.3 is 0 Å². The molecule has 0 aromatic heterocycles. The van der Waals surface area contributed by atoms with Gasteiger partial charge in [-0.1, -0.05) is 0 Å². The highest BCUT2D eigenvalue weighted by Crippen LogP contribution is 2.19. The molecule has 110 valence electrons. The first-order chi connectivity index (χ1) is 9.58. The molecule has 1 aliphatic rings. The second-order valence-corrected chi connectivity index (χ2v) is 4.98. The number of nitrogens with zero attached hydrogens (tertiary/aromatic N) is 1. The van der Waals surface area contributed by atoms with E-state index in [0.29, 0.717) is 18.7 Å². The highest BCUT2D eigenvalue weighted by Gasteiger charge is 2.22. The fourth-order valence-electron chi connectivity index (χ4n) is 2.31. The lowest BCUT2D eigenvalue weighted by Gasteiger charge is -2.15. The number of halogens is 1. The molecule has 0 spiro atoms. The van der Waals surface area contributed by atoms with Gasteiger partial charge in [0, 0.05) is 33.2 Å². The van der Waals surface area contributed by atoms with Gasteiger partial charge in [0.1, 0.15) is 5.82 Å². The zero-order valence-corrected chi connectivity index (χ0v) is 11.6. The first-order valence-electron chi connectivity index (χ1n) is 6.68. The summed E-state index contributed by atoms with van der Waals surface area (Å²) >= 11 is 0. The molecule has 1 aliphatic heterocycles. The van der Waals surface area contributed by atoms with E-state index in [1.165, 1.54) is 18.2 Å². The summed E-state index contributed by atoms with van der Waals surface area (Å²) in [5.74, 6) is -0.535. The topological polar surface area (TPSA) is 67.6 Å². The molecule has 0 saturated carbocycles. The van der Waals surface area contributed by atoms with Gasteiger partial charge in [0.15, 0.2) is 0 Å². The van der Waals surface area contributed by atoms with Crippen molar-refractivity contribution in [2.75, 3.05) is 37.8 Å². The summed E-state index contributed by atoms with van der Waals surface area (Å²) in [6.45, 7) is 2.50. The number of ether oxygens (including phenoxy) is 1. The standard InChI is InChI=1S/C14H20FN3O2/c1-20-11-4-6-18(9-11)7-5-14(19)17-13-3-2-10(15)8-12(13)16/h2-3,8,11H,4-7,9,16H2,1H3,(H,17,19). The normalized spacial score (nSPS) is 19.2. The van der Waals surface area contributed by atoms with Gasteiger partial charge in [-0.05, 0) is 24.6 Å². The molecule has 1 aromatic carbocycles. The molecular formula is C14H20FN3O2. The Bertz CT molecular complexity index is 481. The summed E-state index contributed by atoms with van der Waals surface area (Å²) < 4.78 is 18.2. The van der Waals surface area contributed by atoms with Crippen LogP contribution in [0.5, 0.6) is 0 Å². The van der Waals surface area contributed by atoms with E-state index in [1.54, 1.807) is 7.11 Å². The van der Waals surface area contributed by atoms with Crippen LogP contribution < -0.4 is 11.1 Å². The van der Waals surface area contributed by atoms with E-state index < -0.39 is 5.82 Å². The summed E-state index contributed by atoms with van der Waals surface area (Å²) in [5.41, 5.74) is 6.33. The molecule has 1 fully saturated rings. The smallest absolute Gasteiger partial charge is 0.225 e. The van der Waals surface area contributed by atoms with Crippen LogP contribution in [0.4, 0.5) is 15.8 Å². The predicted octanol–water partition coefficient (Wildman–Crippen LogP) is 1.46. The van der Waals surface area contributed by atoms with Crippen molar-refractivity contribution in [3.63, 3.8) is 0 Å². The van der Waals surface area contributed by atoms with Crippen LogP contribution in [0.15, 0.2) is 18.2 Å². The Morgan fingerprint density at radius 1 is 1.60 bits per heavy atom. The van der Waals surface area contributed by atoms with Crippen molar-refractivity contribution in [1.82, 2.24) is 4.90 Å². The largest absolute Gasteiger partial charge is 0.397 e. The molecule has 0 radical (unpaired) electrons. The van der Waals surface area contributed by atoms with Crippen LogP contribution in [-0.4, -0.2) is 43.7 Å². The number of nitrogens with one attached hydrogen (secondary N) is 1. The number of likely N-dealkylation sites (tertiary alicyclic amines) is 1. The molecule has 1 saturated heterocycles. The second kappa shape index (κ2) is 6.67. The van der Waals surface area contributed by atoms with Crippen LogP contribution >= 0.6 is 0 Å². The van der Waals surface area contributed by atoms with Gasteiger partial charge in [0.25, 0.3) is 0 Å². The monoisotopic (exact) mass is 281 g/mol. The Hall–Kier alpha value is -1.66.